The highest BCUT2D eigenvalue weighted by atomic mass is 19.1. The molecule has 1 aliphatic carbocycles. The average Bonchev–Trinajstić information content (AvgIpc) is 2.67. The van der Waals surface area contributed by atoms with Crippen molar-refractivity contribution in [3.05, 3.63) is 66.0 Å². The van der Waals surface area contributed by atoms with Gasteiger partial charge in [-0.25, -0.2) is 9.82 Å². The number of nitrogens with one attached hydrogen (secondary N) is 1. The van der Waals surface area contributed by atoms with E-state index in [0.717, 1.165) is 31.4 Å². The van der Waals surface area contributed by atoms with E-state index >= 15 is 0 Å². The fraction of sp³-hybridized carbons (Fsp3) is 0.300. The van der Waals surface area contributed by atoms with Crippen LogP contribution < -0.4 is 10.2 Å². The number of para-hydroxylation sites is 1. The lowest BCUT2D eigenvalue weighted by molar-refractivity contribution is -0.123. The number of amides is 1. The molecule has 0 atom stereocenters. The summed E-state index contributed by atoms with van der Waals surface area (Å²) < 4.78 is 18.6. The SMILES string of the molecule is O=C(COc1ccccc1F)NN=C1CCC(c2ccccc2)CC1. The number of ether oxygens (including phenoxy) is 1. The average molecular weight is 340 g/mol. The predicted molar refractivity (Wildman–Crippen MR) is 95.1 cm³/mol. The molecule has 1 N–H and O–H groups in total. The molecule has 3 rings (SSSR count). The number of hydrogen-bond acceptors (Lipinski definition) is 3. The summed E-state index contributed by atoms with van der Waals surface area (Å²) in [5, 5.41) is 4.19. The summed E-state index contributed by atoms with van der Waals surface area (Å²) in [6, 6.07) is 16.5. The first-order valence-electron chi connectivity index (χ1n) is 8.49. The summed E-state index contributed by atoms with van der Waals surface area (Å²) >= 11 is 0. The Morgan fingerprint density at radius 3 is 2.48 bits per heavy atom. The van der Waals surface area contributed by atoms with Crippen molar-refractivity contribution in [3.63, 3.8) is 0 Å². The maximum atomic E-state index is 13.4. The number of halogens is 1. The summed E-state index contributed by atoms with van der Waals surface area (Å²) in [7, 11) is 0. The summed E-state index contributed by atoms with van der Waals surface area (Å²) in [5.74, 6) is -0.254. The van der Waals surface area contributed by atoms with Crippen molar-refractivity contribution in [1.82, 2.24) is 5.43 Å². The van der Waals surface area contributed by atoms with Gasteiger partial charge in [-0.2, -0.15) is 5.10 Å². The topological polar surface area (TPSA) is 50.7 Å². The highest BCUT2D eigenvalue weighted by Crippen LogP contribution is 2.31. The molecule has 25 heavy (non-hydrogen) atoms. The lowest BCUT2D eigenvalue weighted by Gasteiger charge is -2.23. The molecule has 1 fully saturated rings. The zero-order valence-electron chi connectivity index (χ0n) is 14.0. The van der Waals surface area contributed by atoms with Gasteiger partial charge in [0.2, 0.25) is 0 Å². The molecule has 0 aliphatic heterocycles. The third kappa shape index (κ3) is 4.89. The molecule has 2 aromatic rings. The first kappa shape index (κ1) is 17.1. The van der Waals surface area contributed by atoms with E-state index in [1.165, 1.54) is 17.7 Å². The van der Waals surface area contributed by atoms with Crippen LogP contribution in [0.15, 0.2) is 59.7 Å². The predicted octanol–water partition coefficient (Wildman–Crippen LogP) is 4.03. The fourth-order valence-corrected chi connectivity index (χ4v) is 3.00. The number of rotatable bonds is 5. The molecule has 4 nitrogen and oxygen atoms in total. The van der Waals surface area contributed by atoms with Gasteiger partial charge in [0, 0.05) is 5.71 Å². The minimum atomic E-state index is -0.485. The number of benzene rings is 2. The number of carbonyl (C=O) groups excluding carboxylic acids is 1. The summed E-state index contributed by atoms with van der Waals surface area (Å²) in [4.78, 5) is 11.8. The van der Waals surface area contributed by atoms with Crippen LogP contribution in [0.1, 0.15) is 37.2 Å². The van der Waals surface area contributed by atoms with Crippen molar-refractivity contribution in [3.8, 4) is 5.75 Å². The van der Waals surface area contributed by atoms with Gasteiger partial charge in [-0.1, -0.05) is 42.5 Å². The Hall–Kier alpha value is -2.69. The Balaban J connectivity index is 1.44. The first-order valence-corrected chi connectivity index (χ1v) is 8.49. The minimum Gasteiger partial charge on any atom is -0.481 e. The van der Waals surface area contributed by atoms with Gasteiger partial charge in [0.05, 0.1) is 0 Å². The Bertz CT molecular complexity index is 736. The third-order valence-corrected chi connectivity index (χ3v) is 4.37. The van der Waals surface area contributed by atoms with Gasteiger partial charge in [0.15, 0.2) is 18.2 Å². The Labute approximate surface area is 146 Å². The van der Waals surface area contributed by atoms with Crippen molar-refractivity contribution >= 4 is 11.6 Å². The zero-order chi connectivity index (χ0) is 17.5. The van der Waals surface area contributed by atoms with Gasteiger partial charge in [0.1, 0.15) is 0 Å². The van der Waals surface area contributed by atoms with Crippen LogP contribution in [0, 0.1) is 5.82 Å². The smallest absolute Gasteiger partial charge is 0.277 e. The molecule has 0 saturated heterocycles. The van der Waals surface area contributed by atoms with Crippen LogP contribution in [0.5, 0.6) is 5.75 Å². The number of carbonyl (C=O) groups is 1. The van der Waals surface area contributed by atoms with Crippen LogP contribution in [-0.2, 0) is 4.79 Å². The highest BCUT2D eigenvalue weighted by molar-refractivity contribution is 5.87. The van der Waals surface area contributed by atoms with Crippen molar-refractivity contribution in [2.75, 3.05) is 6.61 Å². The van der Waals surface area contributed by atoms with E-state index in [2.05, 4.69) is 34.8 Å². The lowest BCUT2D eigenvalue weighted by Crippen LogP contribution is -2.27. The van der Waals surface area contributed by atoms with Crippen LogP contribution in [0.4, 0.5) is 4.39 Å². The molecular formula is C20H21FN2O2. The van der Waals surface area contributed by atoms with Crippen molar-refractivity contribution in [2.45, 2.75) is 31.6 Å². The summed E-state index contributed by atoms with van der Waals surface area (Å²) in [6.07, 6.45) is 3.80. The van der Waals surface area contributed by atoms with E-state index in [9.17, 15) is 9.18 Å². The third-order valence-electron chi connectivity index (χ3n) is 4.37. The molecule has 0 heterocycles. The molecule has 1 amide bonds. The van der Waals surface area contributed by atoms with Gasteiger partial charge in [-0.15, -0.1) is 0 Å². The second-order valence-electron chi connectivity index (χ2n) is 6.12. The standard InChI is InChI=1S/C20H21FN2O2/c21-18-8-4-5-9-19(18)25-14-20(24)23-22-17-12-10-16(11-13-17)15-6-2-1-3-7-15/h1-9,16H,10-14H2,(H,23,24). The Morgan fingerprint density at radius 1 is 1.08 bits per heavy atom. The van der Waals surface area contributed by atoms with E-state index in [-0.39, 0.29) is 18.3 Å². The van der Waals surface area contributed by atoms with Crippen LogP contribution in [0.2, 0.25) is 0 Å². The number of nitrogens with zero attached hydrogens (tertiary/aromatic N) is 1. The second kappa shape index (κ2) is 8.42. The largest absolute Gasteiger partial charge is 0.481 e. The molecule has 0 unspecified atom stereocenters. The number of hydrazone groups is 1. The first-order chi connectivity index (χ1) is 12.2. The molecule has 0 radical (unpaired) electrons. The second-order valence-corrected chi connectivity index (χ2v) is 6.12. The normalized spacial score (nSPS) is 17.0. The summed E-state index contributed by atoms with van der Waals surface area (Å²) in [5.41, 5.74) is 4.86. The molecule has 0 aromatic heterocycles. The van der Waals surface area contributed by atoms with Gasteiger partial charge in [-0.05, 0) is 49.3 Å². The van der Waals surface area contributed by atoms with Crippen molar-refractivity contribution < 1.29 is 13.9 Å². The lowest BCUT2D eigenvalue weighted by atomic mass is 9.83. The molecule has 1 aliphatic rings. The van der Waals surface area contributed by atoms with E-state index in [0.29, 0.717) is 5.92 Å². The van der Waals surface area contributed by atoms with Gasteiger partial charge in [0.25, 0.3) is 5.91 Å². The minimum absolute atomic E-state index is 0.0636. The van der Waals surface area contributed by atoms with Gasteiger partial charge < -0.3 is 4.74 Å². The highest BCUT2D eigenvalue weighted by Gasteiger charge is 2.19. The van der Waals surface area contributed by atoms with Gasteiger partial charge >= 0.3 is 0 Å². The monoisotopic (exact) mass is 340 g/mol. The Morgan fingerprint density at radius 2 is 1.76 bits per heavy atom. The van der Waals surface area contributed by atoms with Crippen LogP contribution in [0.25, 0.3) is 0 Å². The molecule has 2 aromatic carbocycles. The quantitative estimate of drug-likeness (QED) is 0.835. The van der Waals surface area contributed by atoms with E-state index < -0.39 is 5.82 Å². The van der Waals surface area contributed by atoms with E-state index in [1.54, 1.807) is 12.1 Å². The van der Waals surface area contributed by atoms with Gasteiger partial charge in [-0.3, -0.25) is 4.79 Å². The molecule has 130 valence electrons. The van der Waals surface area contributed by atoms with Crippen molar-refractivity contribution in [1.29, 1.82) is 0 Å². The van der Waals surface area contributed by atoms with Crippen LogP contribution in [-0.4, -0.2) is 18.2 Å². The molecule has 5 heteroatoms. The summed E-state index contributed by atoms with van der Waals surface area (Å²) in [6.45, 7) is -0.260. The maximum absolute atomic E-state index is 13.4. The molecule has 0 bridgehead atoms. The van der Waals surface area contributed by atoms with E-state index in [1.807, 2.05) is 6.07 Å². The van der Waals surface area contributed by atoms with Crippen LogP contribution in [0.3, 0.4) is 0 Å². The zero-order valence-corrected chi connectivity index (χ0v) is 14.0. The van der Waals surface area contributed by atoms with Crippen molar-refractivity contribution in [2.24, 2.45) is 5.10 Å². The van der Waals surface area contributed by atoms with E-state index in [4.69, 9.17) is 4.74 Å². The molecular weight excluding hydrogens is 319 g/mol. The fourth-order valence-electron chi connectivity index (χ4n) is 3.00. The van der Waals surface area contributed by atoms with Crippen LogP contribution >= 0.6 is 0 Å². The molecule has 1 saturated carbocycles. The Kier molecular flexibility index (Phi) is 5.77. The molecule has 0 spiro atoms. The number of hydrogen-bond donors (Lipinski definition) is 1. The maximum Gasteiger partial charge on any atom is 0.277 e.